The molecule has 31 heavy (non-hydrogen) atoms. The lowest BCUT2D eigenvalue weighted by Crippen LogP contribution is -2.58. The van der Waals surface area contributed by atoms with Gasteiger partial charge in [0, 0.05) is 6.42 Å². The Morgan fingerprint density at radius 2 is 1.39 bits per heavy atom. The van der Waals surface area contributed by atoms with Crippen molar-refractivity contribution >= 4 is 29.6 Å². The molecule has 0 aliphatic rings. The number of rotatable bonds is 15. The highest BCUT2D eigenvalue weighted by atomic mass is 16.4. The number of hydrogen-bond donors (Lipinski definition) is 8. The van der Waals surface area contributed by atoms with E-state index in [4.69, 9.17) is 22.3 Å². The maximum Gasteiger partial charge on any atom is 0.325 e. The molecule has 13 heteroatoms. The lowest BCUT2D eigenvalue weighted by molar-refractivity contribution is -0.141. The summed E-state index contributed by atoms with van der Waals surface area (Å²) in [7, 11) is 0. The zero-order valence-electron chi connectivity index (χ0n) is 17.8. The van der Waals surface area contributed by atoms with Crippen LogP contribution in [0.3, 0.4) is 0 Å². The van der Waals surface area contributed by atoms with Crippen LogP contribution in [0, 0.1) is 0 Å². The first-order valence-electron chi connectivity index (χ1n) is 9.96. The van der Waals surface area contributed by atoms with Crippen LogP contribution in [0.15, 0.2) is 0 Å². The van der Waals surface area contributed by atoms with Gasteiger partial charge in [-0.05, 0) is 46.1 Å². The van der Waals surface area contributed by atoms with Crippen LogP contribution in [0.5, 0.6) is 0 Å². The van der Waals surface area contributed by atoms with E-state index in [2.05, 4.69) is 16.0 Å². The van der Waals surface area contributed by atoms with E-state index in [1.807, 2.05) is 0 Å². The Morgan fingerprint density at radius 1 is 0.871 bits per heavy atom. The van der Waals surface area contributed by atoms with Crippen LogP contribution in [0.1, 0.15) is 46.0 Å². The number of carboxylic acid groups (broad SMARTS) is 1. The van der Waals surface area contributed by atoms with E-state index in [1.165, 1.54) is 13.8 Å². The number of primary amides is 1. The second kappa shape index (κ2) is 14.3. The summed E-state index contributed by atoms with van der Waals surface area (Å²) in [5.41, 5.74) is 16.1. The lowest BCUT2D eigenvalue weighted by atomic mass is 10.0. The van der Waals surface area contributed by atoms with Crippen molar-refractivity contribution in [3.05, 3.63) is 0 Å². The SMILES string of the molecule is CC(NC(=O)C(CCCCN)NC(=O)C(CCC(N)=O)NC(=O)C(N)C(C)O)C(=O)O. The summed E-state index contributed by atoms with van der Waals surface area (Å²) in [5, 5.41) is 25.5. The zero-order chi connectivity index (χ0) is 24.1. The highest BCUT2D eigenvalue weighted by Crippen LogP contribution is 2.05. The number of aliphatic hydroxyl groups excluding tert-OH is 1. The fourth-order valence-corrected chi connectivity index (χ4v) is 2.45. The minimum atomic E-state index is -1.32. The molecule has 0 aromatic heterocycles. The van der Waals surface area contributed by atoms with Gasteiger partial charge in [-0.2, -0.15) is 0 Å². The van der Waals surface area contributed by atoms with E-state index in [0.29, 0.717) is 19.4 Å². The number of aliphatic hydroxyl groups is 1. The second-order valence-electron chi connectivity index (χ2n) is 7.25. The molecule has 0 radical (unpaired) electrons. The Morgan fingerprint density at radius 3 is 1.87 bits per heavy atom. The third-order valence-electron chi connectivity index (χ3n) is 4.44. The third-order valence-corrected chi connectivity index (χ3v) is 4.44. The molecular formula is C18H34N6O7. The fourth-order valence-electron chi connectivity index (χ4n) is 2.45. The van der Waals surface area contributed by atoms with Crippen molar-refractivity contribution in [1.82, 2.24) is 16.0 Å². The van der Waals surface area contributed by atoms with Gasteiger partial charge >= 0.3 is 5.97 Å². The van der Waals surface area contributed by atoms with Gasteiger partial charge in [-0.1, -0.05) is 0 Å². The zero-order valence-corrected chi connectivity index (χ0v) is 17.8. The number of nitrogens with one attached hydrogen (secondary N) is 3. The largest absolute Gasteiger partial charge is 0.480 e. The number of hydrogen-bond acceptors (Lipinski definition) is 8. The molecule has 5 atom stereocenters. The average Bonchev–Trinajstić information content (AvgIpc) is 2.68. The second-order valence-corrected chi connectivity index (χ2v) is 7.25. The van der Waals surface area contributed by atoms with Crippen LogP contribution in [0.4, 0.5) is 0 Å². The van der Waals surface area contributed by atoms with E-state index < -0.39 is 59.9 Å². The smallest absolute Gasteiger partial charge is 0.325 e. The maximum atomic E-state index is 12.7. The Labute approximate surface area is 180 Å². The molecule has 0 aliphatic carbocycles. The van der Waals surface area contributed by atoms with Crippen molar-refractivity contribution in [1.29, 1.82) is 0 Å². The molecule has 0 saturated heterocycles. The van der Waals surface area contributed by atoms with E-state index in [1.54, 1.807) is 0 Å². The van der Waals surface area contributed by atoms with Crippen LogP contribution >= 0.6 is 0 Å². The van der Waals surface area contributed by atoms with Crippen molar-refractivity contribution in [2.45, 2.75) is 76.2 Å². The molecule has 11 N–H and O–H groups in total. The number of nitrogens with two attached hydrogens (primary N) is 3. The van der Waals surface area contributed by atoms with Gasteiger partial charge in [0.05, 0.1) is 6.10 Å². The number of aliphatic carboxylic acids is 1. The van der Waals surface area contributed by atoms with Gasteiger partial charge in [0.15, 0.2) is 0 Å². The van der Waals surface area contributed by atoms with Crippen molar-refractivity contribution < 1.29 is 34.2 Å². The van der Waals surface area contributed by atoms with Gasteiger partial charge in [-0.3, -0.25) is 24.0 Å². The van der Waals surface area contributed by atoms with Crippen LogP contribution in [-0.4, -0.2) is 76.6 Å². The van der Waals surface area contributed by atoms with Crippen molar-refractivity contribution in [3.63, 3.8) is 0 Å². The van der Waals surface area contributed by atoms with Gasteiger partial charge < -0.3 is 43.4 Å². The van der Waals surface area contributed by atoms with Crippen LogP contribution in [-0.2, 0) is 24.0 Å². The number of carbonyl (C=O) groups is 5. The first-order valence-corrected chi connectivity index (χ1v) is 9.96. The number of unbranched alkanes of at least 4 members (excludes halogenated alkanes) is 1. The quantitative estimate of drug-likeness (QED) is 0.117. The molecule has 0 spiro atoms. The highest BCUT2D eigenvalue weighted by molar-refractivity contribution is 5.94. The first kappa shape index (κ1) is 28.2. The minimum Gasteiger partial charge on any atom is -0.480 e. The molecule has 0 aromatic rings. The molecule has 4 amide bonds. The summed E-state index contributed by atoms with van der Waals surface area (Å²) in [6.45, 7) is 2.93. The summed E-state index contributed by atoms with van der Waals surface area (Å²) in [4.78, 5) is 59.5. The van der Waals surface area contributed by atoms with Crippen LogP contribution < -0.4 is 33.2 Å². The Bertz CT molecular complexity index is 643. The normalized spacial score (nSPS) is 15.6. The molecule has 5 unspecified atom stereocenters. The van der Waals surface area contributed by atoms with Gasteiger partial charge in [-0.15, -0.1) is 0 Å². The van der Waals surface area contributed by atoms with E-state index in [9.17, 15) is 29.1 Å². The maximum absolute atomic E-state index is 12.7. The first-order chi connectivity index (χ1) is 14.4. The van der Waals surface area contributed by atoms with Crippen LogP contribution in [0.2, 0.25) is 0 Å². The lowest BCUT2D eigenvalue weighted by Gasteiger charge is -2.25. The molecule has 0 aromatic carbocycles. The third kappa shape index (κ3) is 11.3. The Balaban J connectivity index is 5.40. The number of amides is 4. The standard InChI is InChI=1S/C18H34N6O7/c1-9(18(30)31)22-15(27)11(5-3-4-8-19)23-16(28)12(6-7-13(20)26)24-17(29)14(21)10(2)25/h9-12,14,25H,3-8,19,21H2,1-2H3,(H2,20,26)(H,22,27)(H,23,28)(H,24,29)(H,30,31). The molecule has 0 rings (SSSR count). The summed E-state index contributed by atoms with van der Waals surface area (Å²) in [6, 6.07) is -4.86. The van der Waals surface area contributed by atoms with E-state index in [0.717, 1.165) is 0 Å². The Kier molecular flexibility index (Phi) is 13.0. The molecule has 13 nitrogen and oxygen atoms in total. The number of carboxylic acids is 1. The Hall–Kier alpha value is -2.77. The average molecular weight is 447 g/mol. The molecule has 0 aliphatic heterocycles. The molecule has 0 fully saturated rings. The predicted octanol–water partition coefficient (Wildman–Crippen LogP) is -3.35. The minimum absolute atomic E-state index is 0.165. The van der Waals surface area contributed by atoms with Crippen molar-refractivity contribution in [2.24, 2.45) is 17.2 Å². The van der Waals surface area contributed by atoms with Gasteiger partial charge in [0.2, 0.25) is 23.6 Å². The van der Waals surface area contributed by atoms with Crippen LogP contribution in [0.25, 0.3) is 0 Å². The summed E-state index contributed by atoms with van der Waals surface area (Å²) in [5.74, 6) is -4.30. The predicted molar refractivity (Wildman–Crippen MR) is 110 cm³/mol. The van der Waals surface area contributed by atoms with Crippen molar-refractivity contribution in [2.75, 3.05) is 6.54 Å². The molecule has 0 saturated carbocycles. The van der Waals surface area contributed by atoms with Crippen molar-refractivity contribution in [3.8, 4) is 0 Å². The fraction of sp³-hybridized carbons (Fsp3) is 0.722. The molecular weight excluding hydrogens is 412 g/mol. The molecule has 0 bridgehead atoms. The molecule has 178 valence electrons. The van der Waals surface area contributed by atoms with E-state index in [-0.39, 0.29) is 19.3 Å². The topological polar surface area (TPSA) is 240 Å². The molecule has 0 heterocycles. The van der Waals surface area contributed by atoms with Gasteiger partial charge in [-0.25, -0.2) is 0 Å². The summed E-state index contributed by atoms with van der Waals surface area (Å²) >= 11 is 0. The summed E-state index contributed by atoms with van der Waals surface area (Å²) in [6.07, 6.45) is -0.372. The van der Waals surface area contributed by atoms with E-state index >= 15 is 0 Å². The number of carbonyl (C=O) groups excluding carboxylic acids is 4. The highest BCUT2D eigenvalue weighted by Gasteiger charge is 2.30. The van der Waals surface area contributed by atoms with Gasteiger partial charge in [0.1, 0.15) is 24.2 Å². The summed E-state index contributed by atoms with van der Waals surface area (Å²) < 4.78 is 0. The monoisotopic (exact) mass is 446 g/mol. The van der Waals surface area contributed by atoms with Gasteiger partial charge in [0.25, 0.3) is 0 Å².